The highest BCUT2D eigenvalue weighted by molar-refractivity contribution is 9.10. The molecule has 90 valence electrons. The van der Waals surface area contributed by atoms with Crippen LogP contribution in [0.4, 0.5) is 4.39 Å². The molecule has 0 aliphatic rings. The van der Waals surface area contributed by atoms with E-state index >= 15 is 0 Å². The fourth-order valence-corrected chi connectivity index (χ4v) is 2.92. The third-order valence-electron chi connectivity index (χ3n) is 2.41. The molecule has 0 aliphatic heterocycles. The molecule has 0 aliphatic carbocycles. The molecule has 1 atom stereocenters. The largest absolute Gasteiger partial charge is 0.311 e. The van der Waals surface area contributed by atoms with E-state index in [2.05, 4.69) is 31.4 Å². The molecule has 0 saturated carbocycles. The standard InChI is InChI=1S/C11H11BrFN3S/c1-6(14-2)10-15-16-11(17-10)8-4-3-7(13)5-9(8)12/h3-6,14H,1-2H3. The van der Waals surface area contributed by atoms with Gasteiger partial charge in [-0.25, -0.2) is 4.39 Å². The topological polar surface area (TPSA) is 37.8 Å². The maximum Gasteiger partial charge on any atom is 0.148 e. The monoisotopic (exact) mass is 315 g/mol. The summed E-state index contributed by atoms with van der Waals surface area (Å²) >= 11 is 4.83. The number of hydrogen-bond acceptors (Lipinski definition) is 4. The Bertz CT molecular complexity index is 529. The van der Waals surface area contributed by atoms with E-state index in [1.807, 2.05) is 14.0 Å². The van der Waals surface area contributed by atoms with Crippen LogP contribution in [0.25, 0.3) is 10.6 Å². The first-order chi connectivity index (χ1) is 8.11. The van der Waals surface area contributed by atoms with Crippen LogP contribution in [-0.4, -0.2) is 17.2 Å². The average molecular weight is 316 g/mol. The van der Waals surface area contributed by atoms with Crippen molar-refractivity contribution in [3.63, 3.8) is 0 Å². The van der Waals surface area contributed by atoms with Crippen molar-refractivity contribution in [3.05, 3.63) is 33.5 Å². The smallest absolute Gasteiger partial charge is 0.148 e. The van der Waals surface area contributed by atoms with Gasteiger partial charge in [-0.1, -0.05) is 11.3 Å². The highest BCUT2D eigenvalue weighted by atomic mass is 79.9. The first-order valence-corrected chi connectivity index (χ1v) is 6.69. The minimum absolute atomic E-state index is 0.167. The highest BCUT2D eigenvalue weighted by Gasteiger charge is 2.13. The van der Waals surface area contributed by atoms with Crippen LogP contribution in [0.1, 0.15) is 18.0 Å². The Balaban J connectivity index is 2.37. The fraction of sp³-hybridized carbons (Fsp3) is 0.273. The number of aromatic nitrogens is 2. The predicted octanol–water partition coefficient (Wildman–Crippen LogP) is 3.39. The second kappa shape index (κ2) is 5.20. The molecule has 0 fully saturated rings. The van der Waals surface area contributed by atoms with Crippen LogP contribution >= 0.6 is 27.3 Å². The Labute approximate surface area is 111 Å². The van der Waals surface area contributed by atoms with Gasteiger partial charge in [-0.3, -0.25) is 0 Å². The molecule has 2 rings (SSSR count). The molecule has 2 aromatic rings. The molecule has 0 spiro atoms. The van der Waals surface area contributed by atoms with Crippen LogP contribution in [-0.2, 0) is 0 Å². The maximum absolute atomic E-state index is 13.0. The summed E-state index contributed by atoms with van der Waals surface area (Å²) in [6.07, 6.45) is 0. The Morgan fingerprint density at radius 2 is 2.18 bits per heavy atom. The zero-order valence-corrected chi connectivity index (χ0v) is 11.8. The van der Waals surface area contributed by atoms with Crippen molar-refractivity contribution in [2.45, 2.75) is 13.0 Å². The van der Waals surface area contributed by atoms with E-state index in [9.17, 15) is 4.39 Å². The molecule has 0 amide bonds. The lowest BCUT2D eigenvalue weighted by Crippen LogP contribution is -2.11. The van der Waals surface area contributed by atoms with Crippen LogP contribution in [0.5, 0.6) is 0 Å². The molecular formula is C11H11BrFN3S. The first-order valence-electron chi connectivity index (χ1n) is 5.08. The number of nitrogens with one attached hydrogen (secondary N) is 1. The zero-order valence-electron chi connectivity index (χ0n) is 9.37. The maximum atomic E-state index is 13.0. The molecule has 1 N–H and O–H groups in total. The molecule has 6 heteroatoms. The molecule has 17 heavy (non-hydrogen) atoms. The lowest BCUT2D eigenvalue weighted by atomic mass is 10.2. The van der Waals surface area contributed by atoms with Gasteiger partial charge in [0, 0.05) is 10.0 Å². The van der Waals surface area contributed by atoms with Crippen LogP contribution in [0.3, 0.4) is 0 Å². The van der Waals surface area contributed by atoms with E-state index in [4.69, 9.17) is 0 Å². The Hall–Kier alpha value is -0.850. The van der Waals surface area contributed by atoms with E-state index < -0.39 is 0 Å². The van der Waals surface area contributed by atoms with Gasteiger partial charge < -0.3 is 5.32 Å². The number of benzene rings is 1. The van der Waals surface area contributed by atoms with Gasteiger partial charge in [0.25, 0.3) is 0 Å². The number of rotatable bonds is 3. The van der Waals surface area contributed by atoms with Gasteiger partial charge in [0.2, 0.25) is 0 Å². The summed E-state index contributed by atoms with van der Waals surface area (Å²) in [5.74, 6) is -0.269. The Morgan fingerprint density at radius 1 is 1.41 bits per heavy atom. The first kappa shape index (κ1) is 12.6. The SMILES string of the molecule is CNC(C)c1nnc(-c2ccc(F)cc2Br)s1. The van der Waals surface area contributed by atoms with Crippen LogP contribution in [0, 0.1) is 5.82 Å². The summed E-state index contributed by atoms with van der Waals surface area (Å²) in [5, 5.41) is 13.0. The minimum atomic E-state index is -0.269. The zero-order chi connectivity index (χ0) is 12.4. The second-order valence-electron chi connectivity index (χ2n) is 3.58. The molecule has 1 heterocycles. The molecule has 1 unspecified atom stereocenters. The molecule has 1 aromatic heterocycles. The minimum Gasteiger partial charge on any atom is -0.311 e. The molecule has 0 bridgehead atoms. The highest BCUT2D eigenvalue weighted by Crippen LogP contribution is 2.32. The van der Waals surface area contributed by atoms with E-state index in [-0.39, 0.29) is 11.9 Å². The normalized spacial score (nSPS) is 12.7. The molecular weight excluding hydrogens is 305 g/mol. The average Bonchev–Trinajstić information content (AvgIpc) is 2.77. The van der Waals surface area contributed by atoms with Crippen molar-refractivity contribution in [2.75, 3.05) is 7.05 Å². The van der Waals surface area contributed by atoms with Gasteiger partial charge >= 0.3 is 0 Å². The van der Waals surface area contributed by atoms with Gasteiger partial charge in [0.05, 0.1) is 6.04 Å². The summed E-state index contributed by atoms with van der Waals surface area (Å²) in [6.45, 7) is 2.02. The Morgan fingerprint density at radius 3 is 2.82 bits per heavy atom. The fourth-order valence-electron chi connectivity index (χ4n) is 1.30. The third kappa shape index (κ3) is 2.70. The number of nitrogens with zero attached hydrogens (tertiary/aromatic N) is 2. The van der Waals surface area contributed by atoms with Crippen molar-refractivity contribution in [1.29, 1.82) is 0 Å². The van der Waals surface area contributed by atoms with Gasteiger partial charge in [-0.2, -0.15) is 0 Å². The van der Waals surface area contributed by atoms with E-state index in [0.717, 1.165) is 15.6 Å². The van der Waals surface area contributed by atoms with E-state index in [1.165, 1.54) is 23.5 Å². The lowest BCUT2D eigenvalue weighted by molar-refractivity contribution is 0.627. The van der Waals surface area contributed by atoms with Gasteiger partial charge in [0.15, 0.2) is 0 Å². The van der Waals surface area contributed by atoms with Gasteiger partial charge in [-0.15, -0.1) is 10.2 Å². The number of hydrogen-bond donors (Lipinski definition) is 1. The second-order valence-corrected chi connectivity index (χ2v) is 5.44. The summed E-state index contributed by atoms with van der Waals surface area (Å²) < 4.78 is 13.7. The number of halogens is 2. The van der Waals surface area contributed by atoms with E-state index in [0.29, 0.717) is 4.47 Å². The molecule has 3 nitrogen and oxygen atoms in total. The van der Waals surface area contributed by atoms with E-state index in [1.54, 1.807) is 6.07 Å². The third-order valence-corrected chi connectivity index (χ3v) is 4.20. The van der Waals surface area contributed by atoms with Crippen LogP contribution < -0.4 is 5.32 Å². The van der Waals surface area contributed by atoms with Crippen molar-refractivity contribution in [2.24, 2.45) is 0 Å². The summed E-state index contributed by atoms with van der Waals surface area (Å²) in [6, 6.07) is 4.72. The van der Waals surface area contributed by atoms with Crippen LogP contribution in [0.15, 0.2) is 22.7 Å². The quantitative estimate of drug-likeness (QED) is 0.943. The van der Waals surface area contributed by atoms with Crippen molar-refractivity contribution < 1.29 is 4.39 Å². The van der Waals surface area contributed by atoms with Crippen molar-refractivity contribution >= 4 is 27.3 Å². The van der Waals surface area contributed by atoms with Gasteiger partial charge in [0.1, 0.15) is 15.8 Å². The summed E-state index contributed by atoms with van der Waals surface area (Å²) in [5.41, 5.74) is 0.860. The molecule has 1 aromatic carbocycles. The predicted molar refractivity (Wildman–Crippen MR) is 70.5 cm³/mol. The van der Waals surface area contributed by atoms with Crippen molar-refractivity contribution in [1.82, 2.24) is 15.5 Å². The van der Waals surface area contributed by atoms with Crippen molar-refractivity contribution in [3.8, 4) is 10.6 Å². The van der Waals surface area contributed by atoms with Crippen LogP contribution in [0.2, 0.25) is 0 Å². The Kier molecular flexibility index (Phi) is 3.86. The molecule has 0 radical (unpaired) electrons. The summed E-state index contributed by atoms with van der Waals surface area (Å²) in [7, 11) is 1.87. The lowest BCUT2D eigenvalue weighted by Gasteiger charge is -2.03. The van der Waals surface area contributed by atoms with Gasteiger partial charge in [-0.05, 0) is 48.1 Å². The summed E-state index contributed by atoms with van der Waals surface area (Å²) in [4.78, 5) is 0. The molecule has 0 saturated heterocycles.